The van der Waals surface area contributed by atoms with E-state index in [1.54, 1.807) is 55.6 Å². The van der Waals surface area contributed by atoms with Gasteiger partial charge >= 0.3 is 0 Å². The molecule has 194 valence electrons. The van der Waals surface area contributed by atoms with Gasteiger partial charge in [0.2, 0.25) is 0 Å². The van der Waals surface area contributed by atoms with Crippen molar-refractivity contribution in [2.24, 2.45) is 7.05 Å². The van der Waals surface area contributed by atoms with Gasteiger partial charge < -0.3 is 14.4 Å². The number of hydrogen-bond donors (Lipinski definition) is 0. The number of rotatable bonds is 5. The lowest BCUT2D eigenvalue weighted by Crippen LogP contribution is -2.44. The van der Waals surface area contributed by atoms with Crippen LogP contribution in [0, 0.1) is 12.3 Å². The third-order valence-corrected chi connectivity index (χ3v) is 7.13. The van der Waals surface area contributed by atoms with Gasteiger partial charge in [0.15, 0.2) is 5.69 Å². The maximum atomic E-state index is 13.7. The molecule has 1 amide bonds. The fourth-order valence-corrected chi connectivity index (χ4v) is 4.85. The highest BCUT2D eigenvalue weighted by atomic mass is 35.5. The predicted molar refractivity (Wildman–Crippen MR) is 147 cm³/mol. The third-order valence-electron chi connectivity index (χ3n) is 6.69. The molecule has 0 bridgehead atoms. The quantitative estimate of drug-likeness (QED) is 0.301. The first-order chi connectivity index (χ1) is 18.0. The first-order valence-corrected chi connectivity index (χ1v) is 12.5. The number of terminal acetylenes is 1. The minimum Gasteiger partial charge on any atom is -0.496 e. The smallest absolute Gasteiger partial charge is 0.275 e. The summed E-state index contributed by atoms with van der Waals surface area (Å²) >= 11 is 12.7. The second kappa shape index (κ2) is 9.43. The largest absolute Gasteiger partial charge is 0.496 e. The maximum absolute atomic E-state index is 13.7. The highest BCUT2D eigenvalue weighted by molar-refractivity contribution is 6.34. The Morgan fingerprint density at radius 1 is 1.16 bits per heavy atom. The second-order valence-corrected chi connectivity index (χ2v) is 10.4. The zero-order chi connectivity index (χ0) is 27.4. The molecule has 4 aromatic rings. The molecule has 1 aliphatic rings. The standard InChI is InChI=1S/C28H25Cl2N5O3/c1-7-28(2,3)34(5)27(36)25-21-15-38-24-14-23(37-6)19(22-8-9-33(4)31-22)13-20(24)26(21)35(32-25)18-11-16(29)10-17(30)12-18/h1,8-14H,15H2,2-6H3. The van der Waals surface area contributed by atoms with Gasteiger partial charge in [0, 0.05) is 53.1 Å². The van der Waals surface area contributed by atoms with Gasteiger partial charge in [0.1, 0.15) is 18.1 Å². The highest BCUT2D eigenvalue weighted by Gasteiger charge is 2.35. The number of nitrogens with zero attached hydrogens (tertiary/aromatic N) is 5. The number of aromatic nitrogens is 4. The van der Waals surface area contributed by atoms with Gasteiger partial charge in [-0.1, -0.05) is 29.1 Å². The van der Waals surface area contributed by atoms with Crippen LogP contribution in [0.25, 0.3) is 28.2 Å². The molecule has 0 atom stereocenters. The van der Waals surface area contributed by atoms with Crippen LogP contribution < -0.4 is 9.47 Å². The van der Waals surface area contributed by atoms with Gasteiger partial charge in [-0.3, -0.25) is 9.48 Å². The molecule has 38 heavy (non-hydrogen) atoms. The molecule has 8 nitrogen and oxygen atoms in total. The van der Waals surface area contributed by atoms with E-state index in [9.17, 15) is 4.79 Å². The summed E-state index contributed by atoms with van der Waals surface area (Å²) in [6.45, 7) is 3.71. The number of ether oxygens (including phenoxy) is 2. The lowest BCUT2D eigenvalue weighted by Gasteiger charge is -2.30. The third kappa shape index (κ3) is 4.28. The molecule has 2 aromatic heterocycles. The number of methoxy groups -OCH3 is 1. The average Bonchev–Trinajstić information content (AvgIpc) is 3.50. The van der Waals surface area contributed by atoms with Gasteiger partial charge in [-0.25, -0.2) is 4.68 Å². The fourth-order valence-electron chi connectivity index (χ4n) is 4.34. The number of benzene rings is 2. The zero-order valence-corrected chi connectivity index (χ0v) is 23.1. The topological polar surface area (TPSA) is 74.4 Å². The molecule has 1 aliphatic heterocycles. The molecule has 3 heterocycles. The monoisotopic (exact) mass is 549 g/mol. The van der Waals surface area contributed by atoms with E-state index in [0.717, 1.165) is 11.3 Å². The molecular weight excluding hydrogens is 525 g/mol. The van der Waals surface area contributed by atoms with E-state index in [0.29, 0.717) is 44.1 Å². The van der Waals surface area contributed by atoms with Gasteiger partial charge in [0.05, 0.1) is 29.7 Å². The Morgan fingerprint density at radius 3 is 2.47 bits per heavy atom. The molecule has 0 spiro atoms. The molecule has 0 N–H and O–H groups in total. The molecule has 0 unspecified atom stereocenters. The number of amides is 1. The van der Waals surface area contributed by atoms with Crippen LogP contribution in [0.15, 0.2) is 42.6 Å². The lowest BCUT2D eigenvalue weighted by molar-refractivity contribution is 0.0691. The summed E-state index contributed by atoms with van der Waals surface area (Å²) in [6, 6.07) is 10.8. The van der Waals surface area contributed by atoms with Crippen molar-refractivity contribution < 1.29 is 14.3 Å². The van der Waals surface area contributed by atoms with Crippen molar-refractivity contribution in [3.63, 3.8) is 0 Å². The number of hydrogen-bond acceptors (Lipinski definition) is 5. The molecular formula is C28H25Cl2N5O3. The summed E-state index contributed by atoms with van der Waals surface area (Å²) in [7, 11) is 5.10. The van der Waals surface area contributed by atoms with Crippen LogP contribution in [0.3, 0.4) is 0 Å². The van der Waals surface area contributed by atoms with Crippen molar-refractivity contribution in [3.8, 4) is 52.0 Å². The molecule has 0 saturated carbocycles. The maximum Gasteiger partial charge on any atom is 0.275 e. The lowest BCUT2D eigenvalue weighted by atomic mass is 9.97. The number of carbonyl (C=O) groups is 1. The Balaban J connectivity index is 1.79. The van der Waals surface area contributed by atoms with E-state index in [1.165, 1.54) is 4.90 Å². The van der Waals surface area contributed by atoms with Crippen LogP contribution in [-0.4, -0.2) is 50.1 Å². The van der Waals surface area contributed by atoms with E-state index >= 15 is 0 Å². The Hall–Kier alpha value is -3.93. The fraction of sp³-hybridized carbons (Fsp3) is 0.250. The summed E-state index contributed by atoms with van der Waals surface area (Å²) < 4.78 is 15.2. The molecule has 0 aliphatic carbocycles. The number of fused-ring (bicyclic) bond motifs is 3. The van der Waals surface area contributed by atoms with E-state index in [-0.39, 0.29) is 18.2 Å². The van der Waals surface area contributed by atoms with E-state index < -0.39 is 5.54 Å². The molecule has 0 radical (unpaired) electrons. The minimum absolute atomic E-state index is 0.119. The summed E-state index contributed by atoms with van der Waals surface area (Å²) in [4.78, 5) is 15.2. The van der Waals surface area contributed by atoms with Gasteiger partial charge in [-0.15, -0.1) is 6.42 Å². The van der Waals surface area contributed by atoms with Gasteiger partial charge in [0.25, 0.3) is 5.91 Å². The Labute approximate surface area is 230 Å². The Kier molecular flexibility index (Phi) is 6.38. The number of halogens is 2. The number of aryl methyl sites for hydroxylation is 1. The molecule has 2 aromatic carbocycles. The molecule has 10 heteroatoms. The van der Waals surface area contributed by atoms with E-state index in [4.69, 9.17) is 44.2 Å². The second-order valence-electron chi connectivity index (χ2n) is 9.49. The van der Waals surface area contributed by atoms with Gasteiger partial charge in [-0.05, 0) is 44.2 Å². The van der Waals surface area contributed by atoms with Crippen LogP contribution >= 0.6 is 23.2 Å². The van der Waals surface area contributed by atoms with Crippen LogP contribution in [0.4, 0.5) is 0 Å². The molecule has 5 rings (SSSR count). The summed E-state index contributed by atoms with van der Waals surface area (Å²) in [6.07, 6.45) is 7.57. The minimum atomic E-state index is -0.833. The Bertz CT molecular complexity index is 1610. The van der Waals surface area contributed by atoms with E-state index in [2.05, 4.69) is 11.0 Å². The average molecular weight is 550 g/mol. The van der Waals surface area contributed by atoms with Crippen LogP contribution in [0.1, 0.15) is 29.9 Å². The molecule has 0 saturated heterocycles. The summed E-state index contributed by atoms with van der Waals surface area (Å²) in [5, 5.41) is 10.2. The SMILES string of the molecule is C#CC(C)(C)N(C)C(=O)c1nn(-c2cc(Cl)cc(Cl)c2)c2c1COc1cc(OC)c(-c3ccn(C)n3)cc1-2. The van der Waals surface area contributed by atoms with Crippen molar-refractivity contribution in [2.75, 3.05) is 14.2 Å². The van der Waals surface area contributed by atoms with Crippen molar-refractivity contribution in [3.05, 3.63) is 63.9 Å². The normalized spacial score (nSPS) is 12.3. The summed E-state index contributed by atoms with van der Waals surface area (Å²) in [5.74, 6) is 3.52. The summed E-state index contributed by atoms with van der Waals surface area (Å²) in [5.41, 5.74) is 3.49. The van der Waals surface area contributed by atoms with Crippen molar-refractivity contribution in [1.29, 1.82) is 0 Å². The first kappa shape index (κ1) is 25.7. The Morgan fingerprint density at radius 2 is 1.87 bits per heavy atom. The van der Waals surface area contributed by atoms with Crippen LogP contribution in [-0.2, 0) is 13.7 Å². The van der Waals surface area contributed by atoms with Crippen molar-refractivity contribution in [1.82, 2.24) is 24.5 Å². The van der Waals surface area contributed by atoms with Crippen LogP contribution in [0.5, 0.6) is 11.5 Å². The van der Waals surface area contributed by atoms with Crippen molar-refractivity contribution in [2.45, 2.75) is 26.0 Å². The predicted octanol–water partition coefficient (Wildman–Crippen LogP) is 5.63. The van der Waals surface area contributed by atoms with Crippen LogP contribution in [0.2, 0.25) is 10.0 Å². The number of carbonyl (C=O) groups excluding carboxylic acids is 1. The van der Waals surface area contributed by atoms with Gasteiger partial charge in [-0.2, -0.15) is 10.2 Å². The molecule has 0 fully saturated rings. The van der Waals surface area contributed by atoms with Crippen molar-refractivity contribution >= 4 is 29.1 Å². The first-order valence-electron chi connectivity index (χ1n) is 11.7. The van der Waals surface area contributed by atoms with E-state index in [1.807, 2.05) is 31.4 Å². The zero-order valence-electron chi connectivity index (χ0n) is 21.5. The highest BCUT2D eigenvalue weighted by Crippen LogP contribution is 2.46.